The van der Waals surface area contributed by atoms with Crippen LogP contribution in [0.4, 0.5) is 26.3 Å². The number of ether oxygens (including phenoxy) is 6. The number of rotatable bonds is 30. The van der Waals surface area contributed by atoms with Crippen LogP contribution in [-0.2, 0) is 12.5 Å². The molecule has 0 bridgehead atoms. The van der Waals surface area contributed by atoms with Crippen LogP contribution >= 0.6 is 22.7 Å². The molecule has 32 heteroatoms. The van der Waals surface area contributed by atoms with Crippen molar-refractivity contribution in [1.29, 1.82) is 0 Å². The molecule has 0 aliphatic rings. The van der Waals surface area contributed by atoms with Crippen LogP contribution in [0, 0.1) is 13.8 Å². The number of fused-ring (bicyclic) bond motifs is 1. The van der Waals surface area contributed by atoms with Crippen molar-refractivity contribution in [2.45, 2.75) is 40.0 Å². The maximum atomic E-state index is 12.4. The monoisotopic (exact) mass is 1680 g/mol. The average molecular weight is 1680 g/mol. The molecule has 0 radical (unpaired) electrons. The van der Waals surface area contributed by atoms with Crippen molar-refractivity contribution in [1.82, 2.24) is 49.8 Å². The number of nitrogens with zero attached hydrogens (tertiary/aromatic N) is 10. The van der Waals surface area contributed by atoms with Crippen LogP contribution in [0.15, 0.2) is 287 Å². The molecular weight excluding hydrogens is 1590 g/mol. The molecule has 120 heavy (non-hydrogen) atoms. The number of aromatic nitrogens is 10. The zero-order valence-corrected chi connectivity index (χ0v) is 68.5. The SMILES string of the molecule is CC(C)(C)c1noc(-c2ccc(OC/C(=C/F)CN)cc2)n1.Cc1csc(-c2ccc(OC/C(=C/F)CN)cc2)n1.Cc1ncc(-c2ccc(OC/C(=C/F)CN)cc2)s1.Cn1cnc(-c2ccc(OC/C(=C/F)CN)cc2)n1.NC/C(=C\F)COc1ccc(-c2nc3ccccc3o2)cc1.NC/C(=C\F)COc1ccc(-c2ncccn2)cc1. The third-order valence-electron chi connectivity index (χ3n) is 16.5. The van der Waals surface area contributed by atoms with Gasteiger partial charge in [0.1, 0.15) is 91.0 Å². The minimum absolute atomic E-state index is 0.126. The van der Waals surface area contributed by atoms with Crippen molar-refractivity contribution in [2.24, 2.45) is 41.4 Å². The Morgan fingerprint density at radius 3 is 1.13 bits per heavy atom. The maximum absolute atomic E-state index is 12.4. The summed E-state index contributed by atoms with van der Waals surface area (Å²) in [5, 5.41) is 12.2. The van der Waals surface area contributed by atoms with E-state index in [2.05, 4.69) is 45.1 Å². The first kappa shape index (κ1) is 92.7. The first-order valence-electron chi connectivity index (χ1n) is 37.2. The van der Waals surface area contributed by atoms with Gasteiger partial charge in [0.15, 0.2) is 23.1 Å². The summed E-state index contributed by atoms with van der Waals surface area (Å²) in [6.07, 6.45) is 9.76. The lowest BCUT2D eigenvalue weighted by Crippen LogP contribution is -2.13. The minimum Gasteiger partial charge on any atom is -0.489 e. The van der Waals surface area contributed by atoms with E-state index in [9.17, 15) is 26.3 Å². The molecule has 13 rings (SSSR count). The zero-order valence-electron chi connectivity index (χ0n) is 66.9. The summed E-state index contributed by atoms with van der Waals surface area (Å²) in [4.78, 5) is 31.0. The van der Waals surface area contributed by atoms with Gasteiger partial charge in [0, 0.05) is 143 Å². The lowest BCUT2D eigenvalue weighted by atomic mass is 9.96. The second kappa shape index (κ2) is 49.4. The molecule has 6 aromatic heterocycles. The first-order chi connectivity index (χ1) is 58.2. The van der Waals surface area contributed by atoms with Crippen LogP contribution in [-0.4, -0.2) is 129 Å². The first-order valence-corrected chi connectivity index (χ1v) is 38.9. The Kier molecular flexibility index (Phi) is 38.2. The predicted octanol–water partition coefficient (Wildman–Crippen LogP) is 17.5. The number of oxazole rings is 1. The number of para-hydroxylation sites is 2. The molecule has 0 spiro atoms. The number of benzene rings is 7. The number of halogens is 6. The molecule has 7 aromatic carbocycles. The molecule has 24 nitrogen and oxygen atoms in total. The van der Waals surface area contributed by atoms with Gasteiger partial charge >= 0.3 is 0 Å². The molecule has 0 unspecified atom stereocenters. The molecule has 13 aromatic rings. The Balaban J connectivity index is 0.000000179. The number of aryl methyl sites for hydroxylation is 3. The van der Waals surface area contributed by atoms with Crippen molar-refractivity contribution in [3.8, 4) is 101 Å². The van der Waals surface area contributed by atoms with E-state index in [1.807, 2.05) is 175 Å². The highest BCUT2D eigenvalue weighted by atomic mass is 32.1. The van der Waals surface area contributed by atoms with Crippen molar-refractivity contribution in [2.75, 3.05) is 78.9 Å². The van der Waals surface area contributed by atoms with Crippen LogP contribution in [0.3, 0.4) is 0 Å². The Labute approximate surface area is 699 Å². The second-order valence-electron chi connectivity index (χ2n) is 26.7. The second-order valence-corrected chi connectivity index (χ2v) is 28.8. The van der Waals surface area contributed by atoms with Gasteiger partial charge in [-0.2, -0.15) is 10.1 Å². The lowest BCUT2D eigenvalue weighted by molar-refractivity contribution is 0.347. The molecule has 0 amide bonds. The summed E-state index contributed by atoms with van der Waals surface area (Å²) in [7, 11) is 1.81. The van der Waals surface area contributed by atoms with Crippen LogP contribution in [0.25, 0.3) is 77.8 Å². The largest absolute Gasteiger partial charge is 0.489 e. The fourth-order valence-corrected chi connectivity index (χ4v) is 11.2. The van der Waals surface area contributed by atoms with E-state index in [4.69, 9.17) is 71.8 Å². The average Bonchev–Trinajstić information content (AvgIpc) is 1.72. The fraction of sp³-hybridized carbons (Fsp3) is 0.216. The van der Waals surface area contributed by atoms with Gasteiger partial charge in [-0.25, -0.2) is 56.2 Å². The highest BCUT2D eigenvalue weighted by Crippen LogP contribution is 2.32. The number of hydrogen-bond acceptors (Lipinski definition) is 25. The van der Waals surface area contributed by atoms with Gasteiger partial charge < -0.3 is 71.8 Å². The molecule has 0 aliphatic heterocycles. The molecule has 0 saturated heterocycles. The van der Waals surface area contributed by atoms with Crippen LogP contribution in [0.5, 0.6) is 34.5 Å². The van der Waals surface area contributed by atoms with E-state index < -0.39 is 0 Å². The zero-order chi connectivity index (χ0) is 86.0. The van der Waals surface area contributed by atoms with E-state index in [1.54, 1.807) is 101 Å². The number of nitrogens with two attached hydrogens (primary N) is 6. The third kappa shape index (κ3) is 30.3. The van der Waals surface area contributed by atoms with Crippen LogP contribution in [0.2, 0.25) is 0 Å². The van der Waals surface area contributed by atoms with E-state index >= 15 is 0 Å². The predicted molar refractivity (Wildman–Crippen MR) is 459 cm³/mol. The van der Waals surface area contributed by atoms with E-state index in [-0.39, 0.29) is 84.3 Å². The Hall–Kier alpha value is -12.8. The highest BCUT2D eigenvalue weighted by Gasteiger charge is 2.22. The van der Waals surface area contributed by atoms with Crippen molar-refractivity contribution in [3.05, 3.63) is 294 Å². The van der Waals surface area contributed by atoms with Gasteiger partial charge in [0.05, 0.1) is 47.9 Å². The van der Waals surface area contributed by atoms with Gasteiger partial charge in [0.2, 0.25) is 5.89 Å². The maximum Gasteiger partial charge on any atom is 0.257 e. The summed E-state index contributed by atoms with van der Waals surface area (Å²) in [5.41, 5.74) is 42.6. The van der Waals surface area contributed by atoms with Gasteiger partial charge in [-0.1, -0.05) is 38.1 Å². The highest BCUT2D eigenvalue weighted by molar-refractivity contribution is 7.15. The normalized spacial score (nSPS) is 11.8. The Morgan fingerprint density at radius 1 is 0.425 bits per heavy atom. The summed E-state index contributed by atoms with van der Waals surface area (Å²) in [5.74, 6) is 6.90. The quantitative estimate of drug-likeness (QED) is 0.0228. The minimum atomic E-state index is -0.165. The summed E-state index contributed by atoms with van der Waals surface area (Å²) >= 11 is 3.25. The molecule has 12 N–H and O–H groups in total. The van der Waals surface area contributed by atoms with Crippen molar-refractivity contribution < 1.29 is 63.7 Å². The van der Waals surface area contributed by atoms with Crippen LogP contribution in [0.1, 0.15) is 37.3 Å². The Bertz CT molecular complexity index is 5110. The molecule has 0 fully saturated rings. The molecule has 6 heterocycles. The molecule has 0 aliphatic carbocycles. The Morgan fingerprint density at radius 2 is 0.800 bits per heavy atom. The van der Waals surface area contributed by atoms with Crippen molar-refractivity contribution in [3.63, 3.8) is 0 Å². The number of hydrogen-bond donors (Lipinski definition) is 6. The third-order valence-corrected chi connectivity index (χ3v) is 18.5. The summed E-state index contributed by atoms with van der Waals surface area (Å²) in [6.45, 7) is 11.8. The molecule has 628 valence electrons. The van der Waals surface area contributed by atoms with Gasteiger partial charge in [-0.3, -0.25) is 4.68 Å². The molecule has 0 atom stereocenters. The van der Waals surface area contributed by atoms with Gasteiger partial charge in [-0.05, 0) is 183 Å². The summed E-state index contributed by atoms with van der Waals surface area (Å²) < 4.78 is 119. The topological polar surface area (TPSA) is 359 Å². The van der Waals surface area contributed by atoms with Gasteiger partial charge in [0.25, 0.3) is 5.89 Å². The van der Waals surface area contributed by atoms with E-state index in [1.165, 1.54) is 0 Å². The molecular formula is C88H94F6N16O8S2. The standard InChI is InChI=1S/C17H15FN2O2.C16H20FN3O2.C14H14FN3O.2C14H15FN2OS.C13H15FN4O/c18-9-12(10-19)11-21-14-7-5-13(6-8-14)17-20-15-3-1-2-4-16(15)22-17;1-16(2,3)15-19-14(22-20-15)12-4-6-13(7-5-12)21-10-11(8-17)9-18;15-8-11(9-16)10-19-13-4-2-12(3-5-13)14-17-6-1-7-18-14;1-10-17-8-14(19-10)12-2-4-13(5-3-12)18-9-11(6-15)7-16;1-10-9-19-14(17-10)12-2-4-13(5-3-12)18-8-11(6-15)7-16;1-18-9-16-13(17-18)11-2-4-12(5-3-11)19-8-10(6-14)7-15/h1-9H,10-11,19H2;4-8H,9-10,18H2,1-3H3;1-8H,9-10,16H2;2-6,8H,7,9,16H2,1H3;2-6,9H,7-8,16H2,1H3;2-6,9H,7-8,15H2,1H3/b12-9+;2*11-8+;2*11-6+;10-6+. The summed E-state index contributed by atoms with van der Waals surface area (Å²) in [6, 6.07) is 53.6. The van der Waals surface area contributed by atoms with Crippen molar-refractivity contribution >= 4 is 33.8 Å². The van der Waals surface area contributed by atoms with Gasteiger partial charge in [-0.15, -0.1) is 22.7 Å². The fourth-order valence-electron chi connectivity index (χ4n) is 9.61. The van der Waals surface area contributed by atoms with E-state index in [0.29, 0.717) is 135 Å². The number of thiazole rings is 2. The lowest BCUT2D eigenvalue weighted by Gasteiger charge is -2.10. The van der Waals surface area contributed by atoms with Crippen LogP contribution < -0.4 is 62.8 Å². The van der Waals surface area contributed by atoms with E-state index in [0.717, 1.165) is 65.1 Å². The molecule has 0 saturated carbocycles. The smallest absolute Gasteiger partial charge is 0.257 e.